The standard InChI is InChI=1S/C16H12N6O4/c23-22(24)10-3-1-9(2-4-10)17-15-19-16-18-11-7-13-14(26-6-5-25-13)8-12(11)21(16)20-15/h1-4,7-8H,5-6H2,(H2,17,18,19,20). The summed E-state index contributed by atoms with van der Waals surface area (Å²) in [6.45, 7) is 1.03. The predicted molar refractivity (Wildman–Crippen MR) is 92.2 cm³/mol. The fourth-order valence-electron chi connectivity index (χ4n) is 2.88. The molecule has 10 nitrogen and oxygen atoms in total. The number of hydrogen-bond donors (Lipinski definition) is 2. The quantitative estimate of drug-likeness (QED) is 0.429. The second-order valence-corrected chi connectivity index (χ2v) is 5.73. The Morgan fingerprint density at radius 2 is 1.85 bits per heavy atom. The van der Waals surface area contributed by atoms with Crippen LogP contribution in [0, 0.1) is 10.1 Å². The Morgan fingerprint density at radius 3 is 2.58 bits per heavy atom. The summed E-state index contributed by atoms with van der Waals surface area (Å²) < 4.78 is 12.9. The SMILES string of the molecule is O=[N+]([O-])c1ccc(Nc2nc3nc4cc5c(cc4n3[nH]2)OCCO5)cc1. The van der Waals surface area contributed by atoms with E-state index in [4.69, 9.17) is 9.47 Å². The Morgan fingerprint density at radius 1 is 1.12 bits per heavy atom. The van der Waals surface area contributed by atoms with E-state index in [2.05, 4.69) is 20.4 Å². The molecule has 26 heavy (non-hydrogen) atoms. The van der Waals surface area contributed by atoms with Gasteiger partial charge in [0.15, 0.2) is 11.5 Å². The molecule has 2 aromatic heterocycles. The van der Waals surface area contributed by atoms with E-state index in [1.807, 2.05) is 12.1 Å². The third-order valence-electron chi connectivity index (χ3n) is 4.07. The monoisotopic (exact) mass is 352 g/mol. The molecule has 0 spiro atoms. The summed E-state index contributed by atoms with van der Waals surface area (Å²) in [6.07, 6.45) is 0. The zero-order valence-electron chi connectivity index (χ0n) is 13.3. The zero-order valence-corrected chi connectivity index (χ0v) is 13.3. The molecule has 0 aliphatic carbocycles. The number of rotatable bonds is 3. The number of aromatic amines is 1. The highest BCUT2D eigenvalue weighted by molar-refractivity contribution is 5.83. The molecule has 0 amide bonds. The van der Waals surface area contributed by atoms with Gasteiger partial charge in [-0.1, -0.05) is 0 Å². The van der Waals surface area contributed by atoms with E-state index in [0.29, 0.717) is 42.1 Å². The van der Waals surface area contributed by atoms with E-state index in [1.165, 1.54) is 12.1 Å². The van der Waals surface area contributed by atoms with Crippen molar-refractivity contribution in [2.75, 3.05) is 18.5 Å². The van der Waals surface area contributed by atoms with Crippen molar-refractivity contribution in [1.29, 1.82) is 0 Å². The first-order valence-electron chi connectivity index (χ1n) is 7.87. The van der Waals surface area contributed by atoms with E-state index in [1.54, 1.807) is 16.6 Å². The van der Waals surface area contributed by atoms with Crippen LogP contribution in [-0.2, 0) is 0 Å². The fourth-order valence-corrected chi connectivity index (χ4v) is 2.88. The Bertz CT molecular complexity index is 1150. The summed E-state index contributed by atoms with van der Waals surface area (Å²) in [6, 6.07) is 9.77. The number of nitro groups is 1. The Hall–Kier alpha value is -3.82. The van der Waals surface area contributed by atoms with Crippen LogP contribution in [0.1, 0.15) is 0 Å². The molecular formula is C16H12N6O4. The zero-order chi connectivity index (χ0) is 17.7. The molecule has 2 N–H and O–H groups in total. The van der Waals surface area contributed by atoms with Crippen LogP contribution in [-0.4, -0.2) is 37.7 Å². The summed E-state index contributed by atoms with van der Waals surface area (Å²) in [5.74, 6) is 2.31. The third kappa shape index (κ3) is 2.27. The molecule has 0 bridgehead atoms. The van der Waals surface area contributed by atoms with Crippen molar-refractivity contribution in [3.8, 4) is 11.5 Å². The summed E-state index contributed by atoms with van der Waals surface area (Å²) >= 11 is 0. The van der Waals surface area contributed by atoms with Crippen molar-refractivity contribution < 1.29 is 14.4 Å². The first-order chi connectivity index (χ1) is 12.7. The van der Waals surface area contributed by atoms with Gasteiger partial charge in [-0.15, -0.1) is 0 Å². The second kappa shape index (κ2) is 5.34. The van der Waals surface area contributed by atoms with Crippen LogP contribution in [0.5, 0.6) is 11.5 Å². The number of nitrogens with zero attached hydrogens (tertiary/aromatic N) is 4. The van der Waals surface area contributed by atoms with Gasteiger partial charge in [-0.3, -0.25) is 15.2 Å². The summed E-state index contributed by atoms with van der Waals surface area (Å²) in [5, 5.41) is 16.9. The van der Waals surface area contributed by atoms with Crippen molar-refractivity contribution in [3.05, 3.63) is 46.5 Å². The summed E-state index contributed by atoms with van der Waals surface area (Å²) in [5.41, 5.74) is 2.26. The number of fused-ring (bicyclic) bond motifs is 4. The maximum atomic E-state index is 10.7. The molecule has 5 rings (SSSR count). The first-order valence-corrected chi connectivity index (χ1v) is 7.87. The van der Waals surface area contributed by atoms with Gasteiger partial charge in [0.25, 0.3) is 11.5 Å². The number of anilines is 2. The average molecular weight is 352 g/mol. The van der Waals surface area contributed by atoms with Gasteiger partial charge in [-0.05, 0) is 12.1 Å². The van der Waals surface area contributed by atoms with Gasteiger partial charge in [0.05, 0.1) is 16.0 Å². The normalized spacial score (nSPS) is 13.2. The van der Waals surface area contributed by atoms with Crippen molar-refractivity contribution in [2.45, 2.75) is 0 Å². The third-order valence-corrected chi connectivity index (χ3v) is 4.07. The van der Waals surface area contributed by atoms with Crippen molar-refractivity contribution in [1.82, 2.24) is 19.6 Å². The molecule has 3 heterocycles. The Balaban J connectivity index is 1.50. The van der Waals surface area contributed by atoms with E-state index in [-0.39, 0.29) is 5.69 Å². The van der Waals surface area contributed by atoms with Crippen LogP contribution in [0.2, 0.25) is 0 Å². The van der Waals surface area contributed by atoms with Crippen LogP contribution in [0.25, 0.3) is 16.8 Å². The number of nitrogens with one attached hydrogen (secondary N) is 2. The van der Waals surface area contributed by atoms with Gasteiger partial charge >= 0.3 is 0 Å². The molecule has 0 fully saturated rings. The van der Waals surface area contributed by atoms with Gasteiger partial charge in [-0.25, -0.2) is 9.50 Å². The predicted octanol–water partition coefficient (Wildman–Crippen LogP) is 2.63. The number of ether oxygens (including phenoxy) is 2. The molecule has 2 aromatic carbocycles. The molecular weight excluding hydrogens is 340 g/mol. The van der Waals surface area contributed by atoms with E-state index >= 15 is 0 Å². The van der Waals surface area contributed by atoms with Gasteiger partial charge in [0, 0.05) is 30.0 Å². The van der Waals surface area contributed by atoms with Gasteiger partial charge in [0.2, 0.25) is 5.95 Å². The smallest absolute Gasteiger partial charge is 0.269 e. The number of H-pyrrole nitrogens is 1. The number of aromatic nitrogens is 4. The topological polar surface area (TPSA) is 120 Å². The van der Waals surface area contributed by atoms with Crippen LogP contribution < -0.4 is 14.8 Å². The summed E-state index contributed by atoms with van der Waals surface area (Å²) in [4.78, 5) is 19.2. The van der Waals surface area contributed by atoms with Gasteiger partial charge in [0.1, 0.15) is 13.2 Å². The fraction of sp³-hybridized carbons (Fsp3) is 0.125. The highest BCUT2D eigenvalue weighted by Gasteiger charge is 2.17. The number of hydrogen-bond acceptors (Lipinski definition) is 7. The lowest BCUT2D eigenvalue weighted by molar-refractivity contribution is -0.384. The maximum absolute atomic E-state index is 10.7. The average Bonchev–Trinajstić information content (AvgIpc) is 3.17. The molecule has 10 heteroatoms. The Labute approximate surface area is 145 Å². The number of imidazole rings is 1. The van der Waals surface area contributed by atoms with E-state index < -0.39 is 4.92 Å². The number of benzene rings is 2. The lowest BCUT2D eigenvalue weighted by Gasteiger charge is -2.17. The van der Waals surface area contributed by atoms with Crippen molar-refractivity contribution >= 4 is 34.1 Å². The highest BCUT2D eigenvalue weighted by Crippen LogP contribution is 2.34. The van der Waals surface area contributed by atoms with Crippen molar-refractivity contribution in [2.24, 2.45) is 0 Å². The maximum Gasteiger partial charge on any atom is 0.269 e. The summed E-state index contributed by atoms with van der Waals surface area (Å²) in [7, 11) is 0. The molecule has 0 saturated heterocycles. The van der Waals surface area contributed by atoms with Crippen LogP contribution in [0.4, 0.5) is 17.3 Å². The molecule has 0 atom stereocenters. The van der Waals surface area contributed by atoms with Crippen molar-refractivity contribution in [3.63, 3.8) is 0 Å². The lowest BCUT2D eigenvalue weighted by Crippen LogP contribution is -2.15. The molecule has 4 aromatic rings. The van der Waals surface area contributed by atoms with E-state index in [9.17, 15) is 10.1 Å². The number of nitro benzene ring substituents is 1. The molecule has 0 saturated carbocycles. The van der Waals surface area contributed by atoms with Crippen LogP contribution in [0.15, 0.2) is 36.4 Å². The molecule has 130 valence electrons. The van der Waals surface area contributed by atoms with E-state index in [0.717, 1.165) is 11.0 Å². The number of non-ortho nitro benzene ring substituents is 1. The lowest BCUT2D eigenvalue weighted by atomic mass is 10.2. The molecule has 1 aliphatic heterocycles. The van der Waals surface area contributed by atoms with Crippen LogP contribution in [0.3, 0.4) is 0 Å². The Kier molecular flexibility index (Phi) is 2.98. The minimum atomic E-state index is -0.441. The highest BCUT2D eigenvalue weighted by atomic mass is 16.6. The minimum absolute atomic E-state index is 0.0304. The van der Waals surface area contributed by atoms with Gasteiger partial charge in [-0.2, -0.15) is 4.98 Å². The molecule has 0 radical (unpaired) electrons. The van der Waals surface area contributed by atoms with Gasteiger partial charge < -0.3 is 14.8 Å². The van der Waals surface area contributed by atoms with Crippen LogP contribution >= 0.6 is 0 Å². The molecule has 0 unspecified atom stereocenters. The minimum Gasteiger partial charge on any atom is -0.486 e. The first kappa shape index (κ1) is 14.5. The molecule has 1 aliphatic rings. The second-order valence-electron chi connectivity index (χ2n) is 5.73. The largest absolute Gasteiger partial charge is 0.486 e.